The minimum atomic E-state index is -2.99. The summed E-state index contributed by atoms with van der Waals surface area (Å²) in [5.41, 5.74) is -1.07. The Morgan fingerprint density at radius 3 is 2.36 bits per heavy atom. The molecule has 39 heavy (non-hydrogen) atoms. The maximum Gasteiger partial charge on any atom is 0.266 e. The number of pyridine rings is 1. The maximum absolute atomic E-state index is 14.7. The van der Waals surface area contributed by atoms with Crippen LogP contribution < -0.4 is 16.2 Å². The highest BCUT2D eigenvalue weighted by atomic mass is 19.3. The minimum absolute atomic E-state index is 0.0735. The Kier molecular flexibility index (Phi) is 6.09. The molecule has 4 atom stereocenters. The SMILES string of the molecule is C[C@@H](NC(=O)c1cn(C2CC3(C2)CC(F)(F)C3)c(=O)cc1N[C@@H]1[C@@H]2CN(C)C[C@@H]21)c1cccc(C(F)F)c1F. The van der Waals surface area contributed by atoms with Crippen molar-refractivity contribution in [3.05, 3.63) is 63.3 Å². The molecule has 210 valence electrons. The van der Waals surface area contributed by atoms with Crippen LogP contribution in [0.15, 0.2) is 35.3 Å². The van der Waals surface area contributed by atoms with Gasteiger partial charge in [-0.25, -0.2) is 22.0 Å². The van der Waals surface area contributed by atoms with Crippen molar-refractivity contribution in [2.45, 2.75) is 63.1 Å². The molecule has 1 saturated heterocycles. The van der Waals surface area contributed by atoms with Crippen LogP contribution in [0.1, 0.15) is 72.6 Å². The fraction of sp³-hybridized carbons (Fsp3) is 0.571. The molecule has 2 aromatic rings. The van der Waals surface area contributed by atoms with Crippen molar-refractivity contribution in [3.8, 4) is 0 Å². The van der Waals surface area contributed by atoms with Gasteiger partial charge in [-0.05, 0) is 44.1 Å². The van der Waals surface area contributed by atoms with Gasteiger partial charge in [-0.3, -0.25) is 9.59 Å². The van der Waals surface area contributed by atoms with Gasteiger partial charge in [-0.2, -0.15) is 0 Å². The summed E-state index contributed by atoms with van der Waals surface area (Å²) in [4.78, 5) is 28.8. The van der Waals surface area contributed by atoms with Crippen LogP contribution in [0.3, 0.4) is 0 Å². The molecule has 4 aliphatic rings. The number of carbonyl (C=O) groups is 1. The number of amides is 1. The Morgan fingerprint density at radius 2 is 1.74 bits per heavy atom. The normalized spacial score (nSPS) is 27.5. The summed E-state index contributed by atoms with van der Waals surface area (Å²) >= 11 is 0. The maximum atomic E-state index is 14.7. The van der Waals surface area contributed by atoms with E-state index in [9.17, 15) is 31.5 Å². The Labute approximate surface area is 222 Å². The molecule has 1 amide bonds. The minimum Gasteiger partial charge on any atom is -0.381 e. The number of likely N-dealkylation sites (tertiary alicyclic amines) is 1. The van der Waals surface area contributed by atoms with Crippen LogP contribution in [0, 0.1) is 23.1 Å². The molecule has 11 heteroatoms. The van der Waals surface area contributed by atoms with E-state index < -0.39 is 41.1 Å². The van der Waals surface area contributed by atoms with Crippen molar-refractivity contribution in [2.75, 3.05) is 25.5 Å². The molecule has 6 rings (SSSR count). The van der Waals surface area contributed by atoms with Gasteiger partial charge in [0.1, 0.15) is 5.82 Å². The summed E-state index contributed by atoms with van der Waals surface area (Å²) in [5.74, 6) is -3.50. The number of anilines is 1. The van der Waals surface area contributed by atoms with Gasteiger partial charge in [0, 0.05) is 55.8 Å². The van der Waals surface area contributed by atoms with Gasteiger partial charge >= 0.3 is 0 Å². The van der Waals surface area contributed by atoms with E-state index in [1.54, 1.807) is 0 Å². The molecule has 1 aromatic carbocycles. The molecule has 6 nitrogen and oxygen atoms in total. The molecule has 2 N–H and O–H groups in total. The molecular weight excluding hydrogens is 519 g/mol. The summed E-state index contributed by atoms with van der Waals surface area (Å²) in [6.07, 6.45) is -1.02. The number of hydrogen-bond donors (Lipinski definition) is 2. The highest BCUT2D eigenvalue weighted by molar-refractivity contribution is 5.99. The number of alkyl halides is 4. The van der Waals surface area contributed by atoms with Crippen LogP contribution in [0.5, 0.6) is 0 Å². The number of benzene rings is 1. The summed E-state index contributed by atoms with van der Waals surface area (Å²) in [6, 6.07) is 3.93. The molecule has 4 fully saturated rings. The lowest BCUT2D eigenvalue weighted by Crippen LogP contribution is -2.54. The lowest BCUT2D eigenvalue weighted by molar-refractivity contribution is -0.203. The summed E-state index contributed by atoms with van der Waals surface area (Å²) in [7, 11) is 2.04. The largest absolute Gasteiger partial charge is 0.381 e. The quantitative estimate of drug-likeness (QED) is 0.469. The molecule has 0 unspecified atom stereocenters. The van der Waals surface area contributed by atoms with Gasteiger partial charge in [0.25, 0.3) is 17.9 Å². The van der Waals surface area contributed by atoms with Crippen molar-refractivity contribution in [1.29, 1.82) is 0 Å². The number of nitrogens with one attached hydrogen (secondary N) is 2. The average Bonchev–Trinajstić information content (AvgIpc) is 3.25. The van der Waals surface area contributed by atoms with Crippen LogP contribution in [0.4, 0.5) is 27.6 Å². The second-order valence-electron chi connectivity index (χ2n) is 12.1. The molecular formula is C28H31F5N4O2. The highest BCUT2D eigenvalue weighted by Crippen LogP contribution is 2.65. The molecule has 0 bridgehead atoms. The number of carbonyl (C=O) groups excluding carboxylic acids is 1. The Hall–Kier alpha value is -2.95. The van der Waals surface area contributed by atoms with E-state index in [4.69, 9.17) is 0 Å². The molecule has 3 saturated carbocycles. The summed E-state index contributed by atoms with van der Waals surface area (Å²) in [5, 5.41) is 6.05. The first-order valence-corrected chi connectivity index (χ1v) is 13.3. The zero-order chi connectivity index (χ0) is 27.9. The van der Waals surface area contributed by atoms with Gasteiger partial charge in [-0.15, -0.1) is 0 Å². The number of nitrogens with zero attached hydrogens (tertiary/aromatic N) is 2. The van der Waals surface area contributed by atoms with E-state index in [-0.39, 0.29) is 41.6 Å². The van der Waals surface area contributed by atoms with E-state index in [1.807, 2.05) is 7.05 Å². The first-order chi connectivity index (χ1) is 18.4. The number of aromatic nitrogens is 1. The second kappa shape index (κ2) is 9.04. The molecule has 2 heterocycles. The average molecular weight is 551 g/mol. The van der Waals surface area contributed by atoms with Gasteiger partial charge in [0.2, 0.25) is 5.92 Å². The van der Waals surface area contributed by atoms with E-state index in [0.29, 0.717) is 30.4 Å². The smallest absolute Gasteiger partial charge is 0.266 e. The van der Waals surface area contributed by atoms with Crippen molar-refractivity contribution in [1.82, 2.24) is 14.8 Å². The van der Waals surface area contributed by atoms with Crippen molar-refractivity contribution < 1.29 is 26.7 Å². The van der Waals surface area contributed by atoms with Crippen LogP contribution in [0.2, 0.25) is 0 Å². The standard InChI is InChI=1S/C28H31F5N4O2/c1-14(16-4-3-5-17(23(16)29)25(30)31)34-26(39)20-11-37(15-7-27(8-15)12-28(32,33)13-27)22(38)6-21(20)35-24-18-9-36(2)10-19(18)24/h3-6,11,14-15,18-19,24-25,35H,7-10,12-13H2,1-2H3,(H,34,39)/t14-,18-,19+,24-/m1/s1. The molecule has 1 spiro atoms. The van der Waals surface area contributed by atoms with Gasteiger partial charge in [0.15, 0.2) is 0 Å². The van der Waals surface area contributed by atoms with E-state index in [2.05, 4.69) is 15.5 Å². The van der Waals surface area contributed by atoms with Crippen molar-refractivity contribution >= 4 is 11.6 Å². The van der Waals surface area contributed by atoms with Crippen LogP contribution in [-0.4, -0.2) is 47.5 Å². The number of piperidine rings is 1. The van der Waals surface area contributed by atoms with E-state index >= 15 is 0 Å². The third kappa shape index (κ3) is 4.62. The van der Waals surface area contributed by atoms with Crippen LogP contribution >= 0.6 is 0 Å². The van der Waals surface area contributed by atoms with E-state index in [1.165, 1.54) is 35.9 Å². The van der Waals surface area contributed by atoms with Crippen molar-refractivity contribution in [2.24, 2.45) is 17.3 Å². The van der Waals surface area contributed by atoms with Crippen LogP contribution in [0.25, 0.3) is 0 Å². The number of hydrogen-bond acceptors (Lipinski definition) is 4. The second-order valence-corrected chi connectivity index (χ2v) is 12.1. The lowest BCUT2D eigenvalue weighted by Gasteiger charge is -2.57. The molecule has 3 aliphatic carbocycles. The first kappa shape index (κ1) is 26.3. The predicted octanol–water partition coefficient (Wildman–Crippen LogP) is 5.14. The summed E-state index contributed by atoms with van der Waals surface area (Å²) in [6.45, 7) is 3.32. The van der Waals surface area contributed by atoms with Gasteiger partial charge < -0.3 is 20.1 Å². The number of fused-ring (bicyclic) bond motifs is 1. The van der Waals surface area contributed by atoms with E-state index in [0.717, 1.165) is 19.2 Å². The van der Waals surface area contributed by atoms with Crippen LogP contribution in [-0.2, 0) is 0 Å². The monoisotopic (exact) mass is 550 g/mol. The lowest BCUT2D eigenvalue weighted by atomic mass is 9.52. The van der Waals surface area contributed by atoms with Gasteiger partial charge in [-0.1, -0.05) is 18.2 Å². The Balaban J connectivity index is 1.26. The van der Waals surface area contributed by atoms with Crippen molar-refractivity contribution in [3.63, 3.8) is 0 Å². The molecule has 0 radical (unpaired) electrons. The Morgan fingerprint density at radius 1 is 1.10 bits per heavy atom. The Bertz CT molecular complexity index is 1350. The number of halogens is 5. The zero-order valence-electron chi connectivity index (χ0n) is 21.7. The fourth-order valence-electron chi connectivity index (χ4n) is 7.16. The van der Waals surface area contributed by atoms with Gasteiger partial charge in [0.05, 0.1) is 22.9 Å². The molecule has 1 aliphatic heterocycles. The zero-order valence-corrected chi connectivity index (χ0v) is 21.7. The third-order valence-corrected chi connectivity index (χ3v) is 9.13. The fourth-order valence-corrected chi connectivity index (χ4v) is 7.16. The highest BCUT2D eigenvalue weighted by Gasteiger charge is 2.62. The topological polar surface area (TPSA) is 66.4 Å². The number of rotatable bonds is 7. The third-order valence-electron chi connectivity index (χ3n) is 9.13. The first-order valence-electron chi connectivity index (χ1n) is 13.3. The molecule has 1 aromatic heterocycles. The predicted molar refractivity (Wildman–Crippen MR) is 135 cm³/mol. The summed E-state index contributed by atoms with van der Waals surface area (Å²) < 4.78 is 69.6.